The maximum atomic E-state index is 12.2. The van der Waals surface area contributed by atoms with Gasteiger partial charge in [-0.3, -0.25) is 4.79 Å². The molecule has 1 saturated heterocycles. The van der Waals surface area contributed by atoms with Gasteiger partial charge in [-0.1, -0.05) is 23.9 Å². The number of aryl methyl sites for hydroxylation is 1. The number of amides is 1. The lowest BCUT2D eigenvalue weighted by molar-refractivity contribution is -0.119. The van der Waals surface area contributed by atoms with E-state index in [-0.39, 0.29) is 11.4 Å². The highest BCUT2D eigenvalue weighted by molar-refractivity contribution is 8.00. The van der Waals surface area contributed by atoms with E-state index < -0.39 is 0 Å². The van der Waals surface area contributed by atoms with Crippen LogP contribution in [0.2, 0.25) is 0 Å². The van der Waals surface area contributed by atoms with Crippen molar-refractivity contribution in [1.82, 2.24) is 15.3 Å². The van der Waals surface area contributed by atoms with E-state index in [1.165, 1.54) is 28.6 Å². The van der Waals surface area contributed by atoms with E-state index in [1.54, 1.807) is 12.4 Å². The molecular weight excluding hydrogens is 382 g/mol. The standard InChI is InChI=1S/C22H31N5OS/c1-16-7-6-8-18(17(16)2)26-11-13-27(14-12-26)20-21(24-10-9-23-20)29-15-19(28)25-22(3,4)5/h6-10H,11-15H2,1-5H3,(H,25,28). The average Bonchev–Trinajstić information content (AvgIpc) is 2.68. The highest BCUT2D eigenvalue weighted by Crippen LogP contribution is 2.29. The van der Waals surface area contributed by atoms with Crippen LogP contribution in [0, 0.1) is 13.8 Å². The topological polar surface area (TPSA) is 61.4 Å². The first kappa shape index (κ1) is 21.4. The minimum Gasteiger partial charge on any atom is -0.368 e. The summed E-state index contributed by atoms with van der Waals surface area (Å²) in [5.41, 5.74) is 3.76. The molecule has 7 heteroatoms. The van der Waals surface area contributed by atoms with Gasteiger partial charge in [0.1, 0.15) is 5.03 Å². The SMILES string of the molecule is Cc1cccc(N2CCN(c3nccnc3SCC(=O)NC(C)(C)C)CC2)c1C. The van der Waals surface area contributed by atoms with Gasteiger partial charge >= 0.3 is 0 Å². The minimum absolute atomic E-state index is 0.0128. The number of aromatic nitrogens is 2. The van der Waals surface area contributed by atoms with Gasteiger partial charge in [-0.2, -0.15) is 0 Å². The Hall–Kier alpha value is -2.28. The zero-order chi connectivity index (χ0) is 21.0. The molecule has 6 nitrogen and oxygen atoms in total. The fraction of sp³-hybridized carbons (Fsp3) is 0.500. The van der Waals surface area contributed by atoms with Crippen LogP contribution in [0.5, 0.6) is 0 Å². The number of carbonyl (C=O) groups is 1. The summed E-state index contributed by atoms with van der Waals surface area (Å²) in [5.74, 6) is 1.23. The molecule has 1 fully saturated rings. The number of carbonyl (C=O) groups excluding carboxylic acids is 1. The molecule has 1 N–H and O–H groups in total. The molecule has 2 aromatic rings. The summed E-state index contributed by atoms with van der Waals surface area (Å²) in [4.78, 5) is 26.0. The molecule has 1 aromatic heterocycles. The quantitative estimate of drug-likeness (QED) is 0.758. The summed E-state index contributed by atoms with van der Waals surface area (Å²) in [6, 6.07) is 6.49. The van der Waals surface area contributed by atoms with Gasteiger partial charge in [-0.15, -0.1) is 0 Å². The first-order chi connectivity index (χ1) is 13.7. The van der Waals surface area contributed by atoms with Gasteiger partial charge in [0, 0.05) is 49.8 Å². The molecule has 0 saturated carbocycles. The summed E-state index contributed by atoms with van der Waals surface area (Å²) >= 11 is 1.45. The van der Waals surface area contributed by atoms with Crippen LogP contribution in [0.4, 0.5) is 11.5 Å². The molecule has 2 heterocycles. The average molecular weight is 414 g/mol. The van der Waals surface area contributed by atoms with Crippen molar-refractivity contribution >= 4 is 29.2 Å². The predicted molar refractivity (Wildman–Crippen MR) is 121 cm³/mol. The van der Waals surface area contributed by atoms with Crippen LogP contribution in [0.25, 0.3) is 0 Å². The zero-order valence-electron chi connectivity index (χ0n) is 18.0. The largest absolute Gasteiger partial charge is 0.368 e. The Labute approximate surface area is 178 Å². The minimum atomic E-state index is -0.229. The van der Waals surface area contributed by atoms with Gasteiger partial charge in [-0.25, -0.2) is 9.97 Å². The van der Waals surface area contributed by atoms with Gasteiger partial charge in [0.05, 0.1) is 5.75 Å². The van der Waals surface area contributed by atoms with Crippen molar-refractivity contribution in [3.05, 3.63) is 41.7 Å². The monoisotopic (exact) mass is 413 g/mol. The van der Waals surface area contributed by atoms with E-state index in [4.69, 9.17) is 0 Å². The highest BCUT2D eigenvalue weighted by atomic mass is 32.2. The number of benzene rings is 1. The second kappa shape index (κ2) is 9.03. The van der Waals surface area contributed by atoms with E-state index in [0.29, 0.717) is 5.75 Å². The third-order valence-electron chi connectivity index (χ3n) is 5.00. The molecule has 29 heavy (non-hydrogen) atoms. The van der Waals surface area contributed by atoms with Gasteiger partial charge in [0.15, 0.2) is 5.82 Å². The first-order valence-electron chi connectivity index (χ1n) is 10.1. The summed E-state index contributed by atoms with van der Waals surface area (Å²) in [7, 11) is 0. The third-order valence-corrected chi connectivity index (χ3v) is 5.96. The van der Waals surface area contributed by atoms with Crippen molar-refractivity contribution in [3.8, 4) is 0 Å². The van der Waals surface area contributed by atoms with Crippen molar-refractivity contribution in [1.29, 1.82) is 0 Å². The maximum absolute atomic E-state index is 12.2. The van der Waals surface area contributed by atoms with E-state index in [0.717, 1.165) is 37.0 Å². The summed E-state index contributed by atoms with van der Waals surface area (Å²) in [5, 5.41) is 3.81. The number of piperazine rings is 1. The molecule has 3 rings (SSSR count). The van der Waals surface area contributed by atoms with Crippen LogP contribution >= 0.6 is 11.8 Å². The summed E-state index contributed by atoms with van der Waals surface area (Å²) < 4.78 is 0. The van der Waals surface area contributed by atoms with E-state index in [9.17, 15) is 4.79 Å². The summed E-state index contributed by atoms with van der Waals surface area (Å²) in [6.07, 6.45) is 3.42. The van der Waals surface area contributed by atoms with Crippen molar-refractivity contribution in [2.75, 3.05) is 41.7 Å². The first-order valence-corrected chi connectivity index (χ1v) is 11.0. The number of thioether (sulfide) groups is 1. The molecule has 0 aliphatic carbocycles. The number of anilines is 2. The van der Waals surface area contributed by atoms with Gasteiger partial charge in [-0.05, 0) is 51.8 Å². The number of nitrogens with zero attached hydrogens (tertiary/aromatic N) is 4. The molecule has 1 aliphatic rings. The smallest absolute Gasteiger partial charge is 0.230 e. The highest BCUT2D eigenvalue weighted by Gasteiger charge is 2.23. The Bertz CT molecular complexity index is 857. The summed E-state index contributed by atoms with van der Waals surface area (Å²) in [6.45, 7) is 14.0. The maximum Gasteiger partial charge on any atom is 0.230 e. The fourth-order valence-electron chi connectivity index (χ4n) is 3.46. The molecule has 0 unspecified atom stereocenters. The molecule has 0 spiro atoms. The lowest BCUT2D eigenvalue weighted by atomic mass is 10.1. The Morgan fingerprint density at radius 1 is 1.07 bits per heavy atom. The lowest BCUT2D eigenvalue weighted by Crippen LogP contribution is -2.47. The lowest BCUT2D eigenvalue weighted by Gasteiger charge is -2.38. The number of hydrogen-bond acceptors (Lipinski definition) is 6. The van der Waals surface area contributed by atoms with Crippen molar-refractivity contribution in [2.45, 2.75) is 45.2 Å². The Balaban J connectivity index is 1.64. The Kier molecular flexibility index (Phi) is 6.67. The molecule has 0 atom stereocenters. The van der Waals surface area contributed by atoms with Crippen LogP contribution in [0.1, 0.15) is 31.9 Å². The van der Waals surface area contributed by atoms with Gasteiger partial charge < -0.3 is 15.1 Å². The fourth-order valence-corrected chi connectivity index (χ4v) is 4.25. The van der Waals surface area contributed by atoms with Crippen molar-refractivity contribution in [3.63, 3.8) is 0 Å². The van der Waals surface area contributed by atoms with Crippen LogP contribution in [-0.4, -0.2) is 53.3 Å². The van der Waals surface area contributed by atoms with E-state index >= 15 is 0 Å². The van der Waals surface area contributed by atoms with Crippen molar-refractivity contribution < 1.29 is 4.79 Å². The predicted octanol–water partition coefficient (Wildman–Crippen LogP) is 3.43. The van der Waals surface area contributed by atoms with Gasteiger partial charge in [0.25, 0.3) is 0 Å². The van der Waals surface area contributed by atoms with E-state index in [2.05, 4.69) is 57.1 Å². The van der Waals surface area contributed by atoms with Crippen molar-refractivity contribution in [2.24, 2.45) is 0 Å². The van der Waals surface area contributed by atoms with E-state index in [1.807, 2.05) is 20.8 Å². The van der Waals surface area contributed by atoms with Crippen LogP contribution < -0.4 is 15.1 Å². The second-order valence-corrected chi connectivity index (χ2v) is 9.43. The number of rotatable bonds is 5. The van der Waals surface area contributed by atoms with Crippen LogP contribution in [-0.2, 0) is 4.79 Å². The number of hydrogen-bond donors (Lipinski definition) is 1. The normalized spacial score (nSPS) is 14.8. The van der Waals surface area contributed by atoms with Crippen LogP contribution in [0.3, 0.4) is 0 Å². The van der Waals surface area contributed by atoms with Gasteiger partial charge in [0.2, 0.25) is 5.91 Å². The Morgan fingerprint density at radius 2 is 1.72 bits per heavy atom. The molecule has 156 valence electrons. The number of nitrogens with one attached hydrogen (secondary N) is 1. The van der Waals surface area contributed by atoms with Crippen LogP contribution in [0.15, 0.2) is 35.6 Å². The molecular formula is C22H31N5OS. The third kappa shape index (κ3) is 5.63. The molecule has 1 amide bonds. The molecule has 1 aliphatic heterocycles. The Morgan fingerprint density at radius 3 is 2.41 bits per heavy atom. The zero-order valence-corrected chi connectivity index (χ0v) is 18.8. The second-order valence-electron chi connectivity index (χ2n) is 8.47. The molecule has 0 bridgehead atoms. The molecule has 1 aromatic carbocycles. The molecule has 0 radical (unpaired) electrons.